The average molecular weight is 597 g/mol. The minimum absolute atomic E-state index is 0.0172. The first kappa shape index (κ1) is 27.4. The van der Waals surface area contributed by atoms with Crippen molar-refractivity contribution in [2.75, 3.05) is 47.8 Å². The number of hydrogen-bond donors (Lipinski definition) is 0. The van der Waals surface area contributed by atoms with Crippen LogP contribution in [0.15, 0.2) is 28.5 Å². The number of carbonyl (C=O) groups excluding carboxylic acids is 2. The van der Waals surface area contributed by atoms with Gasteiger partial charge in [-0.05, 0) is 23.6 Å². The van der Waals surface area contributed by atoms with Crippen LogP contribution >= 0.6 is 34.3 Å². The number of hydrogen-bond acceptors (Lipinski definition) is 9. The van der Waals surface area contributed by atoms with Crippen LogP contribution in [0.2, 0.25) is 5.02 Å². The topological polar surface area (TPSA) is 97.4 Å². The normalized spacial score (nSPS) is 19.6. The molecule has 4 heterocycles. The number of thiophene rings is 1. The predicted octanol–water partition coefficient (Wildman–Crippen LogP) is 2.80. The standard InChI is InChI=1S/C24H29ClN6O4S3/c1-27(2)21(32)11-17-12-30(38(34,35)22-9-15-5-6-16(25)10-19(15)36-22)7-8-31(17)24(33)23-26-18-13-28(3)29(4)14-20(18)37-23/h5-6,9-10,17H,7-8,11-14H2,1-4H3. The molecule has 0 saturated carbocycles. The lowest BCUT2D eigenvalue weighted by Crippen LogP contribution is -2.57. The molecule has 204 valence electrons. The molecule has 5 rings (SSSR count). The molecule has 1 atom stereocenters. The number of sulfonamides is 1. The zero-order valence-electron chi connectivity index (χ0n) is 21.5. The van der Waals surface area contributed by atoms with Gasteiger partial charge in [-0.1, -0.05) is 17.7 Å². The van der Waals surface area contributed by atoms with Crippen molar-refractivity contribution in [2.45, 2.75) is 29.8 Å². The van der Waals surface area contributed by atoms with E-state index in [1.165, 1.54) is 31.9 Å². The number of hydrazine groups is 1. The van der Waals surface area contributed by atoms with E-state index in [9.17, 15) is 18.0 Å². The zero-order chi connectivity index (χ0) is 27.4. The Balaban J connectivity index is 1.41. The summed E-state index contributed by atoms with van der Waals surface area (Å²) < 4.78 is 29.6. The molecule has 1 saturated heterocycles. The smallest absolute Gasteiger partial charge is 0.283 e. The van der Waals surface area contributed by atoms with Gasteiger partial charge in [-0.3, -0.25) is 9.59 Å². The number of fused-ring (bicyclic) bond motifs is 2. The Hall–Kier alpha value is -2.13. The molecule has 0 spiro atoms. The molecule has 2 aromatic heterocycles. The molecule has 0 radical (unpaired) electrons. The third-order valence-corrected chi connectivity index (χ3v) is 11.7. The quantitative estimate of drug-likeness (QED) is 0.447. The van der Waals surface area contributed by atoms with Crippen LogP contribution in [-0.4, -0.2) is 103 Å². The van der Waals surface area contributed by atoms with E-state index in [0.29, 0.717) is 23.1 Å². The summed E-state index contributed by atoms with van der Waals surface area (Å²) in [5.41, 5.74) is 0.881. The van der Waals surface area contributed by atoms with Crippen molar-refractivity contribution < 1.29 is 18.0 Å². The van der Waals surface area contributed by atoms with Crippen LogP contribution in [0.5, 0.6) is 0 Å². The number of amides is 2. The molecule has 38 heavy (non-hydrogen) atoms. The van der Waals surface area contributed by atoms with Crippen molar-refractivity contribution in [3.8, 4) is 0 Å². The van der Waals surface area contributed by atoms with Gasteiger partial charge in [-0.2, -0.15) is 4.31 Å². The number of carbonyl (C=O) groups is 2. The van der Waals surface area contributed by atoms with Crippen molar-refractivity contribution in [2.24, 2.45) is 0 Å². The molecule has 0 N–H and O–H groups in total. The molecule has 2 aliphatic rings. The van der Waals surface area contributed by atoms with Crippen LogP contribution in [0, 0.1) is 0 Å². The third-order valence-electron chi connectivity index (χ3n) is 6.96. The van der Waals surface area contributed by atoms with E-state index in [1.54, 1.807) is 43.3 Å². The number of thiazole rings is 1. The molecule has 1 aromatic carbocycles. The molecule has 14 heteroatoms. The van der Waals surface area contributed by atoms with Crippen molar-refractivity contribution >= 4 is 66.2 Å². The molecular weight excluding hydrogens is 568 g/mol. The molecule has 10 nitrogen and oxygen atoms in total. The van der Waals surface area contributed by atoms with Crippen LogP contribution in [0.4, 0.5) is 0 Å². The summed E-state index contributed by atoms with van der Waals surface area (Å²) >= 11 is 8.63. The maximum absolute atomic E-state index is 13.7. The summed E-state index contributed by atoms with van der Waals surface area (Å²) in [5.74, 6) is -0.440. The van der Waals surface area contributed by atoms with Gasteiger partial charge in [-0.15, -0.1) is 22.7 Å². The van der Waals surface area contributed by atoms with Gasteiger partial charge in [0.05, 0.1) is 18.3 Å². The summed E-state index contributed by atoms with van der Waals surface area (Å²) in [4.78, 5) is 35.1. The fourth-order valence-electron chi connectivity index (χ4n) is 4.62. The molecule has 3 aromatic rings. The fourth-order valence-corrected chi connectivity index (χ4v) is 8.99. The highest BCUT2D eigenvalue weighted by atomic mass is 35.5. The van der Waals surface area contributed by atoms with Crippen LogP contribution in [0.3, 0.4) is 0 Å². The van der Waals surface area contributed by atoms with E-state index < -0.39 is 16.1 Å². The van der Waals surface area contributed by atoms with Gasteiger partial charge in [0.1, 0.15) is 4.21 Å². The van der Waals surface area contributed by atoms with Gasteiger partial charge in [0.15, 0.2) is 5.01 Å². The average Bonchev–Trinajstić information content (AvgIpc) is 3.48. The second-order valence-corrected chi connectivity index (χ2v) is 14.5. The first-order valence-electron chi connectivity index (χ1n) is 12.0. The van der Waals surface area contributed by atoms with Gasteiger partial charge in [0.25, 0.3) is 15.9 Å². The first-order valence-corrected chi connectivity index (χ1v) is 15.5. The minimum atomic E-state index is -3.83. The highest BCUT2D eigenvalue weighted by Crippen LogP contribution is 2.34. The Bertz CT molecular complexity index is 1480. The Morgan fingerprint density at radius 1 is 1.11 bits per heavy atom. The Kier molecular flexibility index (Phi) is 7.55. The molecule has 1 fully saturated rings. The number of nitrogens with zero attached hydrogens (tertiary/aromatic N) is 6. The highest BCUT2D eigenvalue weighted by Gasteiger charge is 2.39. The molecule has 2 aliphatic heterocycles. The lowest BCUT2D eigenvalue weighted by atomic mass is 10.1. The van der Waals surface area contributed by atoms with Crippen molar-refractivity contribution in [1.82, 2.24) is 29.1 Å². The number of rotatable bonds is 5. The largest absolute Gasteiger partial charge is 0.349 e. The second-order valence-electron chi connectivity index (χ2n) is 9.78. The van der Waals surface area contributed by atoms with E-state index >= 15 is 0 Å². The Morgan fingerprint density at radius 2 is 1.84 bits per heavy atom. The van der Waals surface area contributed by atoms with E-state index in [4.69, 9.17) is 11.6 Å². The summed E-state index contributed by atoms with van der Waals surface area (Å²) in [6.45, 7) is 1.62. The van der Waals surface area contributed by atoms with E-state index in [1.807, 2.05) is 19.1 Å². The lowest BCUT2D eigenvalue weighted by Gasteiger charge is -2.40. The minimum Gasteiger partial charge on any atom is -0.349 e. The van der Waals surface area contributed by atoms with Gasteiger partial charge < -0.3 is 9.80 Å². The predicted molar refractivity (Wildman–Crippen MR) is 149 cm³/mol. The third kappa shape index (κ3) is 5.20. The molecule has 0 bridgehead atoms. The molecule has 2 amide bonds. The van der Waals surface area contributed by atoms with E-state index in [-0.39, 0.29) is 42.1 Å². The van der Waals surface area contributed by atoms with Crippen LogP contribution in [0.1, 0.15) is 26.8 Å². The van der Waals surface area contributed by atoms with Gasteiger partial charge in [0.2, 0.25) is 5.91 Å². The summed E-state index contributed by atoms with van der Waals surface area (Å²) in [7, 11) is 3.42. The molecule has 1 unspecified atom stereocenters. The Morgan fingerprint density at radius 3 is 2.58 bits per heavy atom. The van der Waals surface area contributed by atoms with Crippen LogP contribution in [-0.2, 0) is 27.9 Å². The molecular formula is C24H29ClN6O4S3. The van der Waals surface area contributed by atoms with Crippen LogP contribution in [0.25, 0.3) is 10.1 Å². The van der Waals surface area contributed by atoms with E-state index in [0.717, 1.165) is 20.7 Å². The summed E-state index contributed by atoms with van der Waals surface area (Å²) in [6.07, 6.45) is 0.0172. The maximum Gasteiger partial charge on any atom is 0.283 e. The number of benzene rings is 1. The van der Waals surface area contributed by atoms with Crippen LogP contribution < -0.4 is 0 Å². The van der Waals surface area contributed by atoms with Gasteiger partial charge in [-0.25, -0.2) is 23.4 Å². The van der Waals surface area contributed by atoms with Gasteiger partial charge >= 0.3 is 0 Å². The fraction of sp³-hybridized carbons (Fsp3) is 0.458. The maximum atomic E-state index is 13.7. The summed E-state index contributed by atoms with van der Waals surface area (Å²) in [6, 6.07) is 6.31. The second kappa shape index (κ2) is 10.5. The number of piperazine rings is 1. The van der Waals surface area contributed by atoms with E-state index in [2.05, 4.69) is 9.99 Å². The summed E-state index contributed by atoms with van der Waals surface area (Å²) in [5, 5.41) is 5.83. The number of halogens is 1. The van der Waals surface area contributed by atoms with Crippen molar-refractivity contribution in [1.29, 1.82) is 0 Å². The number of aromatic nitrogens is 1. The van der Waals surface area contributed by atoms with Crippen molar-refractivity contribution in [3.05, 3.63) is 44.9 Å². The zero-order valence-corrected chi connectivity index (χ0v) is 24.8. The Labute approximate surface area is 235 Å². The SMILES string of the molecule is CN(C)C(=O)CC1CN(S(=O)(=O)c2cc3ccc(Cl)cc3s2)CCN1C(=O)c1nc2c(s1)CN(C)N(C)C2. The van der Waals surface area contributed by atoms with Gasteiger partial charge in [0, 0.05) is 75.4 Å². The lowest BCUT2D eigenvalue weighted by molar-refractivity contribution is -0.130. The van der Waals surface area contributed by atoms with Crippen molar-refractivity contribution in [3.63, 3.8) is 0 Å². The monoisotopic (exact) mass is 596 g/mol. The molecule has 0 aliphatic carbocycles. The first-order chi connectivity index (χ1) is 17.9. The highest BCUT2D eigenvalue weighted by molar-refractivity contribution is 7.91.